The number of aryl methyl sites for hydroxylation is 1. The zero-order valence-electron chi connectivity index (χ0n) is 16.8. The molecule has 1 aromatic heterocycles. The predicted molar refractivity (Wildman–Crippen MR) is 102 cm³/mol. The van der Waals surface area contributed by atoms with E-state index in [9.17, 15) is 13.6 Å². The molecule has 7 nitrogen and oxygen atoms in total. The summed E-state index contributed by atoms with van der Waals surface area (Å²) in [5, 5.41) is 3.98. The molecule has 5 rings (SSSR count). The van der Waals surface area contributed by atoms with Gasteiger partial charge in [0.2, 0.25) is 5.89 Å². The van der Waals surface area contributed by atoms with Gasteiger partial charge in [0.05, 0.1) is 11.0 Å². The van der Waals surface area contributed by atoms with Gasteiger partial charge in [-0.1, -0.05) is 5.16 Å². The Morgan fingerprint density at radius 3 is 2.70 bits per heavy atom. The topological polar surface area (TPSA) is 71.7 Å². The van der Waals surface area contributed by atoms with Crippen LogP contribution >= 0.6 is 0 Å². The van der Waals surface area contributed by atoms with Gasteiger partial charge in [0.25, 0.3) is 5.91 Å². The third-order valence-corrected chi connectivity index (χ3v) is 6.74. The second-order valence-electron chi connectivity index (χ2n) is 8.58. The van der Waals surface area contributed by atoms with Gasteiger partial charge < -0.3 is 14.2 Å². The van der Waals surface area contributed by atoms with E-state index in [1.54, 1.807) is 11.8 Å². The lowest BCUT2D eigenvalue weighted by atomic mass is 9.81. The van der Waals surface area contributed by atoms with Crippen LogP contribution in [0.1, 0.15) is 34.9 Å². The van der Waals surface area contributed by atoms with Gasteiger partial charge in [0, 0.05) is 57.4 Å². The molecule has 3 fully saturated rings. The first kappa shape index (κ1) is 19.6. The Morgan fingerprint density at radius 1 is 1.20 bits per heavy atom. The Labute approximate surface area is 173 Å². The maximum atomic E-state index is 14.2. The number of nitrogens with zero attached hydrogens (tertiary/aromatic N) is 4. The average molecular weight is 418 g/mol. The van der Waals surface area contributed by atoms with Crippen LogP contribution < -0.4 is 0 Å². The molecule has 0 aliphatic carbocycles. The van der Waals surface area contributed by atoms with Crippen molar-refractivity contribution in [3.63, 3.8) is 0 Å². The normalized spacial score (nSPS) is 27.6. The highest BCUT2D eigenvalue weighted by Gasteiger charge is 2.58. The van der Waals surface area contributed by atoms with E-state index >= 15 is 0 Å². The van der Waals surface area contributed by atoms with Crippen LogP contribution in [0.25, 0.3) is 0 Å². The van der Waals surface area contributed by atoms with Gasteiger partial charge in [-0.05, 0) is 31.9 Å². The summed E-state index contributed by atoms with van der Waals surface area (Å²) in [5.74, 6) is -0.787. The first-order valence-electron chi connectivity index (χ1n) is 10.3. The average Bonchev–Trinajstić information content (AvgIpc) is 3.41. The number of carbonyl (C=O) groups is 1. The molecule has 4 heterocycles. The number of amides is 1. The number of hydrogen-bond donors (Lipinski definition) is 0. The van der Waals surface area contributed by atoms with Crippen LogP contribution in [0, 0.1) is 24.5 Å². The van der Waals surface area contributed by atoms with E-state index < -0.39 is 23.0 Å². The van der Waals surface area contributed by atoms with E-state index in [-0.39, 0.29) is 11.5 Å². The van der Waals surface area contributed by atoms with Gasteiger partial charge in [-0.15, -0.1) is 0 Å². The molecule has 0 bridgehead atoms. The lowest BCUT2D eigenvalue weighted by molar-refractivity contribution is 0.0368. The molecule has 0 unspecified atom stereocenters. The highest BCUT2D eigenvalue weighted by Crippen LogP contribution is 2.46. The summed E-state index contributed by atoms with van der Waals surface area (Å²) >= 11 is 0. The summed E-state index contributed by atoms with van der Waals surface area (Å²) in [7, 11) is 0. The van der Waals surface area contributed by atoms with Crippen molar-refractivity contribution in [2.45, 2.75) is 31.2 Å². The summed E-state index contributed by atoms with van der Waals surface area (Å²) in [5.41, 5.74) is -0.597. The molecule has 0 radical (unpaired) electrons. The second kappa shape index (κ2) is 7.39. The third-order valence-electron chi connectivity index (χ3n) is 6.74. The fourth-order valence-corrected chi connectivity index (χ4v) is 5.22. The van der Waals surface area contributed by atoms with Crippen LogP contribution in [0.2, 0.25) is 0 Å². The van der Waals surface area contributed by atoms with Gasteiger partial charge in [0.1, 0.15) is 11.6 Å². The van der Waals surface area contributed by atoms with Crippen molar-refractivity contribution < 1.29 is 22.8 Å². The van der Waals surface area contributed by atoms with Crippen LogP contribution in [-0.2, 0) is 10.2 Å². The van der Waals surface area contributed by atoms with Crippen molar-refractivity contribution in [1.29, 1.82) is 0 Å². The molecule has 2 atom stereocenters. The van der Waals surface area contributed by atoms with Crippen LogP contribution in [0.5, 0.6) is 0 Å². The summed E-state index contributed by atoms with van der Waals surface area (Å²) in [6.45, 7) is 5.64. The molecule has 3 aliphatic heterocycles. The lowest BCUT2D eigenvalue weighted by Gasteiger charge is -2.33. The van der Waals surface area contributed by atoms with E-state index in [0.29, 0.717) is 37.4 Å². The fraction of sp³-hybridized carbons (Fsp3) is 0.571. The minimum atomic E-state index is -0.844. The minimum Gasteiger partial charge on any atom is -0.381 e. The highest BCUT2D eigenvalue weighted by atomic mass is 19.1. The van der Waals surface area contributed by atoms with Crippen LogP contribution in [0.15, 0.2) is 22.7 Å². The number of hydrogen-bond acceptors (Lipinski definition) is 6. The molecule has 0 saturated carbocycles. The third kappa shape index (κ3) is 3.20. The summed E-state index contributed by atoms with van der Waals surface area (Å²) in [6.07, 6.45) is 1.96. The Hall–Kier alpha value is -2.39. The number of fused-ring (bicyclic) bond motifs is 1. The Morgan fingerprint density at radius 2 is 2.00 bits per heavy atom. The summed E-state index contributed by atoms with van der Waals surface area (Å²) < 4.78 is 38.6. The number of ether oxygens (including phenoxy) is 1. The van der Waals surface area contributed by atoms with Crippen molar-refractivity contribution in [2.24, 2.45) is 5.92 Å². The molecule has 160 valence electrons. The van der Waals surface area contributed by atoms with Crippen molar-refractivity contribution >= 4 is 5.91 Å². The maximum absolute atomic E-state index is 14.2. The Bertz CT molecular complexity index is 961. The zero-order chi connectivity index (χ0) is 20.9. The molecule has 9 heteroatoms. The first-order valence-corrected chi connectivity index (χ1v) is 10.3. The smallest absolute Gasteiger partial charge is 0.256 e. The molecule has 1 amide bonds. The molecule has 0 N–H and O–H groups in total. The van der Waals surface area contributed by atoms with Crippen LogP contribution in [0.4, 0.5) is 8.78 Å². The van der Waals surface area contributed by atoms with Crippen LogP contribution in [-0.4, -0.2) is 71.3 Å². The first-order chi connectivity index (χ1) is 14.5. The molecular formula is C21H24F2N4O3. The highest BCUT2D eigenvalue weighted by molar-refractivity contribution is 5.94. The SMILES string of the molecule is Cc1noc([C@]23CN(C(=O)c4ccc(F)cc4F)C[C@H]2CN(C2CCOCC2)C3)n1. The molecular weight excluding hydrogens is 394 g/mol. The molecule has 1 aromatic carbocycles. The van der Waals surface area contributed by atoms with E-state index in [0.717, 1.165) is 44.7 Å². The van der Waals surface area contributed by atoms with Gasteiger partial charge in [-0.25, -0.2) is 8.78 Å². The molecule has 3 aliphatic rings. The number of benzene rings is 1. The van der Waals surface area contributed by atoms with E-state index in [2.05, 4.69) is 15.0 Å². The Kier molecular flexibility index (Phi) is 4.82. The van der Waals surface area contributed by atoms with Crippen LogP contribution in [0.3, 0.4) is 0 Å². The second-order valence-corrected chi connectivity index (χ2v) is 8.58. The molecule has 30 heavy (non-hydrogen) atoms. The molecule has 3 saturated heterocycles. The van der Waals surface area contributed by atoms with Gasteiger partial charge >= 0.3 is 0 Å². The largest absolute Gasteiger partial charge is 0.381 e. The van der Waals surface area contributed by atoms with E-state index in [4.69, 9.17) is 9.26 Å². The standard InChI is InChI=1S/C21H24F2N4O3/c1-13-24-20(30-25-13)21-11-26(16-4-6-29-7-5-16)9-14(21)10-27(12-21)19(28)17-3-2-15(22)8-18(17)23/h2-3,8,14,16H,4-7,9-12H2,1H3/t14-,21-/m1/s1. The number of aromatic nitrogens is 2. The maximum Gasteiger partial charge on any atom is 0.256 e. The van der Waals surface area contributed by atoms with E-state index in [1.807, 2.05) is 0 Å². The summed E-state index contributed by atoms with van der Waals surface area (Å²) in [6, 6.07) is 3.49. The van der Waals surface area contributed by atoms with E-state index in [1.165, 1.54) is 6.07 Å². The van der Waals surface area contributed by atoms with Crippen molar-refractivity contribution in [2.75, 3.05) is 39.4 Å². The quantitative estimate of drug-likeness (QED) is 0.761. The minimum absolute atomic E-state index is 0.104. The molecule has 2 aromatic rings. The van der Waals surface area contributed by atoms with Gasteiger partial charge in [0.15, 0.2) is 5.82 Å². The van der Waals surface area contributed by atoms with Gasteiger partial charge in [-0.2, -0.15) is 4.98 Å². The molecule has 0 spiro atoms. The number of halogens is 2. The van der Waals surface area contributed by atoms with Crippen molar-refractivity contribution in [3.8, 4) is 0 Å². The summed E-state index contributed by atoms with van der Waals surface area (Å²) in [4.78, 5) is 21.6. The Balaban J connectivity index is 1.43. The zero-order valence-corrected chi connectivity index (χ0v) is 16.8. The van der Waals surface area contributed by atoms with Crippen molar-refractivity contribution in [1.82, 2.24) is 19.9 Å². The fourth-order valence-electron chi connectivity index (χ4n) is 5.22. The predicted octanol–water partition coefficient (Wildman–Crippen LogP) is 2.16. The monoisotopic (exact) mass is 418 g/mol. The van der Waals surface area contributed by atoms with Crippen molar-refractivity contribution in [3.05, 3.63) is 47.1 Å². The number of likely N-dealkylation sites (tertiary alicyclic amines) is 2. The number of rotatable bonds is 3. The number of carbonyl (C=O) groups excluding carboxylic acids is 1. The van der Waals surface area contributed by atoms with Gasteiger partial charge in [-0.3, -0.25) is 9.69 Å². The lowest BCUT2D eigenvalue weighted by Crippen LogP contribution is -2.44.